The summed E-state index contributed by atoms with van der Waals surface area (Å²) in [5.74, 6) is 0.274. The maximum atomic E-state index is 13.7. The average molecular weight is 742 g/mol. The van der Waals surface area contributed by atoms with Crippen LogP contribution in [0.1, 0.15) is 215 Å². The zero-order valence-electron chi connectivity index (χ0n) is 36.5. The summed E-state index contributed by atoms with van der Waals surface area (Å²) < 4.78 is 0. The molecule has 5 nitrogen and oxygen atoms in total. The molecule has 53 heavy (non-hydrogen) atoms. The number of nitrogens with zero attached hydrogens (tertiary/aromatic N) is 2. The molecule has 0 saturated carbocycles. The first-order valence-corrected chi connectivity index (χ1v) is 23.2. The molecule has 1 N–H and O–H groups in total. The second-order valence-electron chi connectivity index (χ2n) is 15.9. The topological polar surface area (TPSA) is 52.7 Å². The fourth-order valence-electron chi connectivity index (χ4n) is 7.26. The Morgan fingerprint density at radius 2 is 1.00 bits per heavy atom. The van der Waals surface area contributed by atoms with E-state index in [4.69, 9.17) is 0 Å². The molecule has 0 aliphatic rings. The summed E-state index contributed by atoms with van der Waals surface area (Å²) in [5, 5.41) is 3.24. The molecule has 1 unspecified atom stereocenters. The molecule has 0 bridgehead atoms. The van der Waals surface area contributed by atoms with Gasteiger partial charge in [0, 0.05) is 19.5 Å². The lowest BCUT2D eigenvalue weighted by Gasteiger charge is -2.34. The smallest absolute Gasteiger partial charge is 0.243 e. The van der Waals surface area contributed by atoms with E-state index < -0.39 is 6.04 Å². The number of hydrogen-bond acceptors (Lipinski definition) is 3. The molecule has 0 aliphatic carbocycles. The van der Waals surface area contributed by atoms with E-state index in [1.165, 1.54) is 116 Å². The lowest BCUT2D eigenvalue weighted by atomic mass is 9.99. The van der Waals surface area contributed by atoms with Crippen LogP contribution in [0.4, 0.5) is 0 Å². The maximum Gasteiger partial charge on any atom is 0.243 e. The van der Waals surface area contributed by atoms with E-state index in [1.54, 1.807) is 0 Å². The van der Waals surface area contributed by atoms with E-state index in [0.29, 0.717) is 19.5 Å². The zero-order chi connectivity index (χ0) is 39.0. The summed E-state index contributed by atoms with van der Waals surface area (Å²) >= 11 is 0. The summed E-state index contributed by atoms with van der Waals surface area (Å²) in [6.07, 6.45) is 46.4. The van der Waals surface area contributed by atoms with Crippen molar-refractivity contribution in [3.63, 3.8) is 0 Å². The van der Waals surface area contributed by atoms with Crippen LogP contribution in [0, 0.1) is 5.92 Å². The number of allylic oxidation sites excluding steroid dienone is 6. The Kier molecular flexibility index (Phi) is 38.4. The van der Waals surface area contributed by atoms with Crippen LogP contribution in [0.2, 0.25) is 0 Å². The Bertz CT molecular complexity index is 891. The van der Waals surface area contributed by atoms with Gasteiger partial charge in [-0.2, -0.15) is 0 Å². The minimum Gasteiger partial charge on any atom is -0.354 e. The van der Waals surface area contributed by atoms with Crippen molar-refractivity contribution in [1.29, 1.82) is 0 Å². The van der Waals surface area contributed by atoms with Gasteiger partial charge in [0.05, 0.1) is 0 Å². The molecule has 0 aromatic heterocycles. The molecule has 0 spiro atoms. The monoisotopic (exact) mass is 742 g/mol. The fraction of sp³-hybridized carbons (Fsp3) is 0.833. The normalized spacial score (nSPS) is 12.7. The van der Waals surface area contributed by atoms with Gasteiger partial charge in [-0.1, -0.05) is 194 Å². The first kappa shape index (κ1) is 51.1. The Hall–Kier alpha value is -1.88. The maximum absolute atomic E-state index is 13.7. The van der Waals surface area contributed by atoms with E-state index in [2.05, 4.69) is 88.2 Å². The third-order valence-corrected chi connectivity index (χ3v) is 10.7. The van der Waals surface area contributed by atoms with Crippen molar-refractivity contribution in [2.45, 2.75) is 221 Å². The molecule has 0 fully saturated rings. The third-order valence-electron chi connectivity index (χ3n) is 10.7. The Morgan fingerprint density at radius 1 is 0.528 bits per heavy atom. The highest BCUT2D eigenvalue weighted by atomic mass is 16.2. The number of rotatable bonds is 39. The molecule has 5 heteroatoms. The van der Waals surface area contributed by atoms with Crippen LogP contribution < -0.4 is 5.32 Å². The van der Waals surface area contributed by atoms with Gasteiger partial charge < -0.3 is 15.1 Å². The van der Waals surface area contributed by atoms with Gasteiger partial charge in [-0.05, 0) is 76.9 Å². The summed E-state index contributed by atoms with van der Waals surface area (Å²) in [7, 11) is 0. The quantitative estimate of drug-likeness (QED) is 0.0504. The molecule has 0 aromatic carbocycles. The van der Waals surface area contributed by atoms with Gasteiger partial charge in [0.1, 0.15) is 6.04 Å². The third kappa shape index (κ3) is 32.1. The van der Waals surface area contributed by atoms with Crippen LogP contribution in [0.15, 0.2) is 36.5 Å². The number of nitrogens with one attached hydrogen (secondary N) is 1. The van der Waals surface area contributed by atoms with Crippen LogP contribution in [0.3, 0.4) is 0 Å². The second-order valence-corrected chi connectivity index (χ2v) is 15.9. The number of hydrogen-bond donors (Lipinski definition) is 1. The van der Waals surface area contributed by atoms with Gasteiger partial charge in [-0.3, -0.25) is 9.59 Å². The van der Waals surface area contributed by atoms with Gasteiger partial charge in [0.15, 0.2) is 0 Å². The first-order valence-electron chi connectivity index (χ1n) is 23.2. The van der Waals surface area contributed by atoms with Crippen molar-refractivity contribution >= 4 is 11.8 Å². The summed E-state index contributed by atoms with van der Waals surface area (Å²) in [6, 6.07) is -0.394. The molecular formula is C48H91N3O2. The van der Waals surface area contributed by atoms with Gasteiger partial charge in [-0.15, -0.1) is 0 Å². The van der Waals surface area contributed by atoms with Gasteiger partial charge in [0.2, 0.25) is 11.8 Å². The lowest BCUT2D eigenvalue weighted by molar-refractivity contribution is -0.142. The van der Waals surface area contributed by atoms with Crippen molar-refractivity contribution in [2.24, 2.45) is 5.92 Å². The molecular weight excluding hydrogens is 651 g/mol. The van der Waals surface area contributed by atoms with Crippen LogP contribution in [-0.2, 0) is 9.59 Å². The SMILES string of the molecule is CC/C=C\C/C=C\C/C=C\CCCCCCCC(=O)N(CCCN(CC)CC)C(C(=O)NCCCCCCCCCCCCCCCCCC)C(C)C. The highest BCUT2D eigenvalue weighted by Crippen LogP contribution is 2.18. The summed E-state index contributed by atoms with van der Waals surface area (Å²) in [6.45, 7) is 17.4. The first-order chi connectivity index (χ1) is 25.9. The molecule has 0 aliphatic heterocycles. The average Bonchev–Trinajstić information content (AvgIpc) is 3.15. The molecule has 0 rings (SSSR count). The van der Waals surface area contributed by atoms with Gasteiger partial charge in [0.25, 0.3) is 0 Å². The van der Waals surface area contributed by atoms with Crippen LogP contribution in [0.5, 0.6) is 0 Å². The predicted molar refractivity (Wildman–Crippen MR) is 235 cm³/mol. The van der Waals surface area contributed by atoms with Crippen molar-refractivity contribution in [2.75, 3.05) is 32.7 Å². The molecule has 0 saturated heterocycles. The number of carbonyl (C=O) groups is 2. The molecule has 0 aromatic rings. The van der Waals surface area contributed by atoms with Crippen LogP contribution in [-0.4, -0.2) is 60.4 Å². The number of unbranched alkanes of at least 4 members (excludes halogenated alkanes) is 20. The van der Waals surface area contributed by atoms with Crippen molar-refractivity contribution in [3.05, 3.63) is 36.5 Å². The van der Waals surface area contributed by atoms with Crippen LogP contribution >= 0.6 is 0 Å². The minimum absolute atomic E-state index is 0.0361. The van der Waals surface area contributed by atoms with E-state index in [9.17, 15) is 9.59 Å². The van der Waals surface area contributed by atoms with E-state index in [1.807, 2.05) is 4.90 Å². The van der Waals surface area contributed by atoms with Crippen molar-refractivity contribution in [1.82, 2.24) is 15.1 Å². The number of amides is 2. The number of carbonyl (C=O) groups excluding carboxylic acids is 2. The minimum atomic E-state index is -0.394. The van der Waals surface area contributed by atoms with Gasteiger partial charge >= 0.3 is 0 Å². The summed E-state index contributed by atoms with van der Waals surface area (Å²) in [4.78, 5) is 31.6. The fourth-order valence-corrected chi connectivity index (χ4v) is 7.26. The van der Waals surface area contributed by atoms with Gasteiger partial charge in [-0.25, -0.2) is 0 Å². The molecule has 310 valence electrons. The molecule has 1 atom stereocenters. The van der Waals surface area contributed by atoms with E-state index in [-0.39, 0.29) is 17.7 Å². The highest BCUT2D eigenvalue weighted by Gasteiger charge is 2.31. The van der Waals surface area contributed by atoms with Crippen LogP contribution in [0.25, 0.3) is 0 Å². The Balaban J connectivity index is 4.48. The highest BCUT2D eigenvalue weighted by molar-refractivity contribution is 5.87. The Labute approximate surface area is 331 Å². The largest absolute Gasteiger partial charge is 0.354 e. The second kappa shape index (κ2) is 39.8. The van der Waals surface area contributed by atoms with E-state index in [0.717, 1.165) is 71.0 Å². The lowest BCUT2D eigenvalue weighted by Crippen LogP contribution is -2.53. The molecule has 0 radical (unpaired) electrons. The van der Waals surface area contributed by atoms with E-state index >= 15 is 0 Å². The predicted octanol–water partition coefficient (Wildman–Crippen LogP) is 13.5. The standard InChI is InChI=1S/C48H91N3O2/c1-7-11-13-15-17-19-21-23-25-27-29-31-33-35-37-39-42-49-48(53)47(45(5)6)51(44-40-43-50(9-3)10-4)46(52)41-38-36-34-32-30-28-26-24-22-20-18-16-14-12-8-2/h12,14,18,20,24,26,45,47H,7-11,13,15-17,19,21-23,25,27-44H2,1-6H3,(H,49,53)/b14-12-,20-18-,26-24-. The zero-order valence-corrected chi connectivity index (χ0v) is 36.5. The Morgan fingerprint density at radius 3 is 1.51 bits per heavy atom. The molecule has 0 heterocycles. The van der Waals surface area contributed by atoms with Crippen molar-refractivity contribution < 1.29 is 9.59 Å². The molecule has 2 amide bonds. The summed E-state index contributed by atoms with van der Waals surface area (Å²) in [5.41, 5.74) is 0. The van der Waals surface area contributed by atoms with Crippen molar-refractivity contribution in [3.8, 4) is 0 Å².